The van der Waals surface area contributed by atoms with Gasteiger partial charge in [0.05, 0.1) is 0 Å². The van der Waals surface area contributed by atoms with Gasteiger partial charge in [-0.15, -0.1) is 0 Å². The van der Waals surface area contributed by atoms with E-state index in [2.05, 4.69) is 13.8 Å². The fourth-order valence-corrected chi connectivity index (χ4v) is 4.65. The summed E-state index contributed by atoms with van der Waals surface area (Å²) in [5.74, 6) is 6.70. The molecule has 0 heteroatoms. The van der Waals surface area contributed by atoms with E-state index in [0.717, 1.165) is 35.5 Å². The molecule has 0 heterocycles. The Hall–Kier alpha value is 0. The van der Waals surface area contributed by atoms with E-state index in [1.165, 1.54) is 0 Å². The molecule has 3 aliphatic carbocycles. The van der Waals surface area contributed by atoms with Crippen molar-refractivity contribution in [1.82, 2.24) is 0 Å². The summed E-state index contributed by atoms with van der Waals surface area (Å²) in [7, 11) is 0. The lowest BCUT2D eigenvalue weighted by Gasteiger charge is -2.27. The summed E-state index contributed by atoms with van der Waals surface area (Å²) in [6.07, 6.45) is 6.31. The van der Waals surface area contributed by atoms with Crippen LogP contribution in [0.1, 0.15) is 53.4 Å². The summed E-state index contributed by atoms with van der Waals surface area (Å²) in [6, 6.07) is 0. The van der Waals surface area contributed by atoms with Crippen LogP contribution in [0.2, 0.25) is 0 Å². The zero-order valence-corrected chi connectivity index (χ0v) is 10.3. The highest BCUT2D eigenvalue weighted by molar-refractivity contribution is 5.03. The van der Waals surface area contributed by atoms with Crippen molar-refractivity contribution < 1.29 is 0 Å². The van der Waals surface area contributed by atoms with Crippen molar-refractivity contribution in [1.29, 1.82) is 0 Å². The van der Waals surface area contributed by atoms with Crippen LogP contribution in [0.15, 0.2) is 0 Å². The third kappa shape index (κ3) is 1.33. The van der Waals surface area contributed by atoms with E-state index >= 15 is 0 Å². The highest BCUT2D eigenvalue weighted by atomic mass is 14.6. The summed E-state index contributed by atoms with van der Waals surface area (Å²) < 4.78 is 0. The van der Waals surface area contributed by atoms with Crippen molar-refractivity contribution in [2.24, 2.45) is 35.5 Å². The van der Waals surface area contributed by atoms with Gasteiger partial charge in [0.2, 0.25) is 0 Å². The number of hydrogen-bond acceptors (Lipinski definition) is 0. The Bertz CT molecular complexity index is 194. The summed E-state index contributed by atoms with van der Waals surface area (Å²) >= 11 is 0. The van der Waals surface area contributed by atoms with Crippen molar-refractivity contribution in [3.63, 3.8) is 0 Å². The maximum absolute atomic E-state index is 2.51. The standard InChI is InChI=1S/C12H20.C2H6/c1-7-5-11-9-3-4-10(6-9)12(11)8(7)2;1-2/h7-12H,3-6H2,1-2H3;1-2H3. The number of hydrogen-bond donors (Lipinski definition) is 0. The summed E-state index contributed by atoms with van der Waals surface area (Å²) in [6.45, 7) is 8.98. The van der Waals surface area contributed by atoms with Gasteiger partial charge in [-0.3, -0.25) is 0 Å². The molecule has 0 aliphatic heterocycles. The van der Waals surface area contributed by atoms with Gasteiger partial charge >= 0.3 is 0 Å². The van der Waals surface area contributed by atoms with Crippen molar-refractivity contribution in [2.75, 3.05) is 0 Å². The molecule has 2 bridgehead atoms. The van der Waals surface area contributed by atoms with Crippen LogP contribution in [0, 0.1) is 35.5 Å². The Kier molecular flexibility index (Phi) is 2.91. The molecule has 3 saturated carbocycles. The first-order valence-electron chi connectivity index (χ1n) is 6.77. The van der Waals surface area contributed by atoms with E-state index in [1.807, 2.05) is 13.8 Å². The molecule has 0 amide bonds. The molecular weight excluding hydrogens is 168 g/mol. The molecule has 82 valence electrons. The Labute approximate surface area is 89.5 Å². The largest absolute Gasteiger partial charge is 0.0683 e. The maximum atomic E-state index is 2.51. The van der Waals surface area contributed by atoms with Crippen LogP contribution >= 0.6 is 0 Å². The lowest BCUT2D eigenvalue weighted by atomic mass is 9.78. The Morgan fingerprint density at radius 3 is 2.14 bits per heavy atom. The van der Waals surface area contributed by atoms with E-state index in [0.29, 0.717) is 0 Å². The second-order valence-corrected chi connectivity index (χ2v) is 5.65. The second kappa shape index (κ2) is 3.87. The minimum Gasteiger partial charge on any atom is -0.0683 e. The van der Waals surface area contributed by atoms with Crippen LogP contribution in [-0.2, 0) is 0 Å². The number of rotatable bonds is 0. The van der Waals surface area contributed by atoms with Gasteiger partial charge in [0.25, 0.3) is 0 Å². The molecule has 14 heavy (non-hydrogen) atoms. The zero-order chi connectivity index (χ0) is 10.3. The van der Waals surface area contributed by atoms with Crippen molar-refractivity contribution >= 4 is 0 Å². The summed E-state index contributed by atoms with van der Waals surface area (Å²) in [5, 5.41) is 0. The molecule has 6 atom stereocenters. The van der Waals surface area contributed by atoms with Crippen molar-refractivity contribution in [2.45, 2.75) is 53.4 Å². The van der Waals surface area contributed by atoms with E-state index in [-0.39, 0.29) is 0 Å². The average molecular weight is 194 g/mol. The molecule has 0 nitrogen and oxygen atoms in total. The summed E-state index contributed by atoms with van der Waals surface area (Å²) in [4.78, 5) is 0. The van der Waals surface area contributed by atoms with Crippen LogP contribution in [0.3, 0.4) is 0 Å². The molecule has 3 rings (SSSR count). The molecule has 0 spiro atoms. The SMILES string of the molecule is CC.CC1CC2C3CCC(C3)C2C1C. The average Bonchev–Trinajstić information content (AvgIpc) is 2.85. The van der Waals surface area contributed by atoms with Gasteiger partial charge in [0.15, 0.2) is 0 Å². The van der Waals surface area contributed by atoms with Gasteiger partial charge < -0.3 is 0 Å². The van der Waals surface area contributed by atoms with Crippen LogP contribution < -0.4 is 0 Å². The molecule has 0 radical (unpaired) electrons. The topological polar surface area (TPSA) is 0 Å². The lowest BCUT2D eigenvalue weighted by molar-refractivity contribution is 0.215. The fraction of sp³-hybridized carbons (Fsp3) is 1.00. The molecule has 3 fully saturated rings. The Morgan fingerprint density at radius 1 is 0.857 bits per heavy atom. The highest BCUT2D eigenvalue weighted by Crippen LogP contribution is 2.61. The van der Waals surface area contributed by atoms with Crippen molar-refractivity contribution in [3.8, 4) is 0 Å². The maximum Gasteiger partial charge on any atom is -0.0326 e. The van der Waals surface area contributed by atoms with E-state index in [9.17, 15) is 0 Å². The zero-order valence-electron chi connectivity index (χ0n) is 10.3. The highest BCUT2D eigenvalue weighted by Gasteiger charge is 2.53. The van der Waals surface area contributed by atoms with Crippen molar-refractivity contribution in [3.05, 3.63) is 0 Å². The molecule has 0 saturated heterocycles. The molecular formula is C14H26. The summed E-state index contributed by atoms with van der Waals surface area (Å²) in [5.41, 5.74) is 0. The first kappa shape index (κ1) is 10.5. The van der Waals surface area contributed by atoms with Gasteiger partial charge in [0, 0.05) is 0 Å². The lowest BCUT2D eigenvalue weighted by Crippen LogP contribution is -2.21. The monoisotopic (exact) mass is 194 g/mol. The molecule has 0 aromatic heterocycles. The van der Waals surface area contributed by atoms with Gasteiger partial charge in [0.1, 0.15) is 0 Å². The molecule has 6 unspecified atom stereocenters. The quantitative estimate of drug-likeness (QED) is 0.538. The van der Waals surface area contributed by atoms with Gasteiger partial charge in [-0.25, -0.2) is 0 Å². The first-order valence-corrected chi connectivity index (χ1v) is 6.77. The third-order valence-corrected chi connectivity index (χ3v) is 5.31. The van der Waals surface area contributed by atoms with E-state index in [4.69, 9.17) is 0 Å². The normalized spacial score (nSPS) is 54.0. The molecule has 3 aliphatic rings. The predicted molar refractivity (Wildman–Crippen MR) is 62.1 cm³/mol. The van der Waals surface area contributed by atoms with E-state index < -0.39 is 0 Å². The number of fused-ring (bicyclic) bond motifs is 5. The predicted octanol–water partition coefficient (Wildman–Crippen LogP) is 4.35. The molecule has 0 aromatic rings. The smallest absolute Gasteiger partial charge is 0.0326 e. The van der Waals surface area contributed by atoms with Crippen LogP contribution in [-0.4, -0.2) is 0 Å². The van der Waals surface area contributed by atoms with E-state index in [1.54, 1.807) is 25.7 Å². The van der Waals surface area contributed by atoms with Crippen LogP contribution in [0.5, 0.6) is 0 Å². The fourth-order valence-electron chi connectivity index (χ4n) is 4.65. The Balaban J connectivity index is 0.000000354. The van der Waals surface area contributed by atoms with Gasteiger partial charge in [-0.05, 0) is 61.2 Å². The minimum absolute atomic E-state index is 1.03. The Morgan fingerprint density at radius 2 is 1.50 bits per heavy atom. The van der Waals surface area contributed by atoms with Crippen LogP contribution in [0.25, 0.3) is 0 Å². The first-order chi connectivity index (χ1) is 6.77. The van der Waals surface area contributed by atoms with Gasteiger partial charge in [-0.1, -0.05) is 27.7 Å². The minimum atomic E-state index is 1.03. The molecule has 0 aromatic carbocycles. The third-order valence-electron chi connectivity index (χ3n) is 5.31. The second-order valence-electron chi connectivity index (χ2n) is 5.65. The van der Waals surface area contributed by atoms with Crippen LogP contribution in [0.4, 0.5) is 0 Å². The molecule has 0 N–H and O–H groups in total. The van der Waals surface area contributed by atoms with Gasteiger partial charge in [-0.2, -0.15) is 0 Å².